The number of allylic oxidation sites excluding steroid dienone is 4. The summed E-state index contributed by atoms with van der Waals surface area (Å²) in [4.78, 5) is 33.9. The topological polar surface area (TPSA) is 131 Å². The Kier molecular flexibility index (Phi) is 39.0. The van der Waals surface area contributed by atoms with Gasteiger partial charge in [0.25, 0.3) is 0 Å². The van der Waals surface area contributed by atoms with Crippen molar-refractivity contribution in [1.82, 2.24) is 5.32 Å². The number of hydrogen-bond acceptors (Lipinski definition) is 7. The van der Waals surface area contributed by atoms with Crippen LogP contribution in [0.1, 0.15) is 206 Å². The third-order valence-electron chi connectivity index (χ3n) is 9.38. The molecule has 0 aromatic heterocycles. The van der Waals surface area contributed by atoms with Crippen molar-refractivity contribution in [3.63, 3.8) is 0 Å². The number of esters is 1. The maximum absolute atomic E-state index is 12.1. The Morgan fingerprint density at radius 3 is 1.55 bits per heavy atom. The second-order valence-electron chi connectivity index (χ2n) is 14.7. The van der Waals surface area contributed by atoms with E-state index in [1.54, 1.807) is 0 Å². The fourth-order valence-electron chi connectivity index (χ4n) is 6.06. The van der Waals surface area contributed by atoms with E-state index in [-0.39, 0.29) is 32.1 Å². The zero-order valence-electron chi connectivity index (χ0n) is 34.2. The van der Waals surface area contributed by atoms with Crippen LogP contribution in [0.4, 0.5) is 0 Å². The minimum absolute atomic E-state index is 0.0814. The number of unbranched alkanes of at least 4 members (excludes halogenated alkanes) is 24. The van der Waals surface area contributed by atoms with Crippen molar-refractivity contribution >= 4 is 19.7 Å². The van der Waals surface area contributed by atoms with Crippen LogP contribution in [0.15, 0.2) is 24.3 Å². The summed E-state index contributed by atoms with van der Waals surface area (Å²) in [6.07, 6.45) is 42.5. The Hall–Kier alpha value is -1.51. The predicted octanol–water partition coefficient (Wildman–Crippen LogP) is 12.0. The number of hydrogen-bond donors (Lipinski definition) is 3. The molecule has 0 aliphatic carbocycles. The third-order valence-corrected chi connectivity index (χ3v) is 10.4. The highest BCUT2D eigenvalue weighted by atomic mass is 31.2. The standard InChI is InChI=1S/C43H82NO8P/c1-3-5-7-9-11-13-15-17-18-19-20-21-22-24-25-27-29-31-33-35-42(46)44-37-38-51-53(48,49)52-40-41(45)39-50-43(47)36-34-32-30-28-26-23-16-14-12-10-8-6-4-2/h11,13,17-18,41,45H,3-10,12,14-16,19-40H2,1-2H3,(H,44,46)(H,48,49)/b13-11-,18-17-. The summed E-state index contributed by atoms with van der Waals surface area (Å²) in [6.45, 7) is 3.54. The van der Waals surface area contributed by atoms with Crippen LogP contribution in [-0.4, -0.2) is 54.3 Å². The molecule has 0 aromatic carbocycles. The van der Waals surface area contributed by atoms with Gasteiger partial charge in [-0.25, -0.2) is 4.57 Å². The molecule has 312 valence electrons. The Bertz CT molecular complexity index is 928. The van der Waals surface area contributed by atoms with Crippen molar-refractivity contribution in [3.05, 3.63) is 24.3 Å². The molecule has 9 nitrogen and oxygen atoms in total. The number of aliphatic hydroxyl groups excluding tert-OH is 1. The first-order valence-electron chi connectivity index (χ1n) is 21.8. The van der Waals surface area contributed by atoms with E-state index in [9.17, 15) is 24.2 Å². The van der Waals surface area contributed by atoms with E-state index in [2.05, 4.69) is 43.5 Å². The number of nitrogens with one attached hydrogen (secondary N) is 1. The summed E-state index contributed by atoms with van der Waals surface area (Å²) < 4.78 is 26.9. The highest BCUT2D eigenvalue weighted by Crippen LogP contribution is 2.42. The maximum atomic E-state index is 12.1. The molecule has 0 aliphatic rings. The zero-order chi connectivity index (χ0) is 38.9. The second kappa shape index (κ2) is 40.2. The smallest absolute Gasteiger partial charge is 0.463 e. The van der Waals surface area contributed by atoms with Crippen LogP contribution in [0.5, 0.6) is 0 Å². The highest BCUT2D eigenvalue weighted by molar-refractivity contribution is 7.47. The maximum Gasteiger partial charge on any atom is 0.472 e. The third kappa shape index (κ3) is 41.5. The molecule has 0 aromatic rings. The summed E-state index contributed by atoms with van der Waals surface area (Å²) in [7, 11) is -4.41. The lowest BCUT2D eigenvalue weighted by molar-refractivity contribution is -0.147. The second-order valence-corrected chi connectivity index (χ2v) is 16.1. The number of phosphoric acid groups is 1. The largest absolute Gasteiger partial charge is 0.472 e. The Morgan fingerprint density at radius 2 is 1.02 bits per heavy atom. The number of carbonyl (C=O) groups is 2. The van der Waals surface area contributed by atoms with E-state index in [4.69, 9.17) is 13.8 Å². The summed E-state index contributed by atoms with van der Waals surface area (Å²) in [5, 5.41) is 12.7. The lowest BCUT2D eigenvalue weighted by atomic mass is 10.0. The highest BCUT2D eigenvalue weighted by Gasteiger charge is 2.23. The van der Waals surface area contributed by atoms with Gasteiger partial charge in [0.1, 0.15) is 12.7 Å². The van der Waals surface area contributed by atoms with Gasteiger partial charge in [-0.2, -0.15) is 0 Å². The van der Waals surface area contributed by atoms with Crippen LogP contribution in [0.25, 0.3) is 0 Å². The first-order valence-corrected chi connectivity index (χ1v) is 23.3. The Balaban J connectivity index is 3.58. The zero-order valence-corrected chi connectivity index (χ0v) is 35.1. The van der Waals surface area contributed by atoms with Crippen molar-refractivity contribution in [1.29, 1.82) is 0 Å². The minimum atomic E-state index is -4.41. The van der Waals surface area contributed by atoms with E-state index in [0.717, 1.165) is 44.9 Å². The molecule has 0 rings (SSSR count). The molecule has 0 radical (unpaired) electrons. The minimum Gasteiger partial charge on any atom is -0.463 e. The summed E-state index contributed by atoms with van der Waals surface area (Å²) in [6, 6.07) is 0. The van der Waals surface area contributed by atoms with Gasteiger partial charge in [-0.05, 0) is 44.9 Å². The molecule has 0 fully saturated rings. The van der Waals surface area contributed by atoms with Gasteiger partial charge in [-0.1, -0.05) is 173 Å². The fourth-order valence-corrected chi connectivity index (χ4v) is 6.81. The average molecular weight is 772 g/mol. The van der Waals surface area contributed by atoms with Gasteiger partial charge >= 0.3 is 13.8 Å². The van der Waals surface area contributed by atoms with Gasteiger partial charge in [0.05, 0.1) is 13.2 Å². The van der Waals surface area contributed by atoms with Crippen LogP contribution in [0.3, 0.4) is 0 Å². The molecule has 3 N–H and O–H groups in total. The number of aliphatic hydroxyl groups is 1. The van der Waals surface area contributed by atoms with Gasteiger partial charge < -0.3 is 20.1 Å². The molecule has 0 saturated carbocycles. The lowest BCUT2D eigenvalue weighted by Crippen LogP contribution is -2.27. The van der Waals surface area contributed by atoms with Gasteiger partial charge in [0.15, 0.2) is 0 Å². The molecule has 2 atom stereocenters. The van der Waals surface area contributed by atoms with Crippen LogP contribution < -0.4 is 5.32 Å². The van der Waals surface area contributed by atoms with Gasteiger partial charge in [-0.15, -0.1) is 0 Å². The van der Waals surface area contributed by atoms with Crippen LogP contribution in [-0.2, 0) is 27.9 Å². The van der Waals surface area contributed by atoms with Crippen molar-refractivity contribution in [2.45, 2.75) is 213 Å². The molecule has 0 bridgehead atoms. The number of ether oxygens (including phenoxy) is 1. The molecular formula is C43H82NO8P. The number of phosphoric ester groups is 1. The summed E-state index contributed by atoms with van der Waals surface area (Å²) >= 11 is 0. The lowest BCUT2D eigenvalue weighted by Gasteiger charge is -2.15. The quantitative estimate of drug-likeness (QED) is 0.0242. The SMILES string of the molecule is CCCCC/C=C\C/C=C\CCCCCCCCCCCC(=O)NCCOP(=O)(O)OCC(O)COC(=O)CCCCCCCCCCCCCCC. The predicted molar refractivity (Wildman–Crippen MR) is 220 cm³/mol. The first kappa shape index (κ1) is 51.5. The van der Waals surface area contributed by atoms with Crippen LogP contribution in [0, 0.1) is 0 Å². The summed E-state index contributed by atoms with van der Waals surface area (Å²) in [5.74, 6) is -0.515. The van der Waals surface area contributed by atoms with E-state index in [1.165, 1.54) is 135 Å². The van der Waals surface area contributed by atoms with Crippen molar-refractivity contribution in [2.24, 2.45) is 0 Å². The number of rotatable bonds is 41. The van der Waals surface area contributed by atoms with Crippen LogP contribution in [0.2, 0.25) is 0 Å². The van der Waals surface area contributed by atoms with E-state index < -0.39 is 26.5 Å². The Labute approximate surface area is 325 Å². The molecule has 10 heteroatoms. The van der Waals surface area contributed by atoms with Crippen molar-refractivity contribution in [2.75, 3.05) is 26.4 Å². The molecule has 2 unspecified atom stereocenters. The average Bonchev–Trinajstić information content (AvgIpc) is 3.14. The molecule has 0 spiro atoms. The fraction of sp³-hybridized carbons (Fsp3) is 0.860. The number of carbonyl (C=O) groups excluding carboxylic acids is 2. The normalized spacial score (nSPS) is 13.5. The van der Waals surface area contributed by atoms with Crippen molar-refractivity contribution < 1.29 is 37.9 Å². The van der Waals surface area contributed by atoms with E-state index in [1.807, 2.05) is 0 Å². The first-order chi connectivity index (χ1) is 25.8. The number of amides is 1. The monoisotopic (exact) mass is 772 g/mol. The van der Waals surface area contributed by atoms with E-state index in [0.29, 0.717) is 6.42 Å². The Morgan fingerprint density at radius 1 is 0.585 bits per heavy atom. The molecule has 0 aliphatic heterocycles. The van der Waals surface area contributed by atoms with Crippen molar-refractivity contribution in [3.8, 4) is 0 Å². The molecule has 0 heterocycles. The van der Waals surface area contributed by atoms with Gasteiger partial charge in [0, 0.05) is 19.4 Å². The molecule has 0 saturated heterocycles. The molecular weight excluding hydrogens is 689 g/mol. The van der Waals surface area contributed by atoms with Gasteiger partial charge in [-0.3, -0.25) is 18.6 Å². The molecule has 53 heavy (non-hydrogen) atoms. The molecule has 1 amide bonds. The summed E-state index contributed by atoms with van der Waals surface area (Å²) in [5.41, 5.74) is 0. The van der Waals surface area contributed by atoms with Gasteiger partial charge in [0.2, 0.25) is 5.91 Å². The van der Waals surface area contributed by atoms with E-state index >= 15 is 0 Å². The van der Waals surface area contributed by atoms with Crippen LogP contribution >= 0.6 is 7.82 Å².